The summed E-state index contributed by atoms with van der Waals surface area (Å²) >= 11 is 0. The molecule has 1 N–H and O–H groups in total. The second-order valence-corrected chi connectivity index (χ2v) is 12.5. The van der Waals surface area contributed by atoms with Gasteiger partial charge in [-0.25, -0.2) is 0 Å². The first kappa shape index (κ1) is 33.6. The Morgan fingerprint density at radius 3 is 2.20 bits per heavy atom. The smallest absolute Gasteiger partial charge is 0.162 e. The van der Waals surface area contributed by atoms with Gasteiger partial charge in [-0.1, -0.05) is 88.4 Å². The standard InChI is InChI=1S/C26H20NO.C13H24O2.Ir/c1-14-9-10-19-21-22-23(27-13-15(2)25(22)28-24(14)21)18-11-16-7-5-6-8-17(16)12-20(18)26(19,3)4;1-5-10(6-2)12(14)9-13(15)11(7-3)8-4;/h5-10,12-13H,1-4H3;9-11,14H,5-8H2,1-4H3;/q-1;;/b;12-9-;. The van der Waals surface area contributed by atoms with E-state index in [1.54, 1.807) is 0 Å². The third-order valence-electron chi connectivity index (χ3n) is 9.47. The van der Waals surface area contributed by atoms with Crippen molar-refractivity contribution in [1.29, 1.82) is 0 Å². The molecule has 3 aromatic carbocycles. The first-order valence-corrected chi connectivity index (χ1v) is 15.8. The topological polar surface area (TPSA) is 63.3 Å². The average Bonchev–Trinajstić information content (AvgIpc) is 3.38. The zero-order chi connectivity index (χ0) is 31.1. The van der Waals surface area contributed by atoms with Gasteiger partial charge in [-0.3, -0.25) is 9.78 Å². The van der Waals surface area contributed by atoms with Gasteiger partial charge < -0.3 is 9.52 Å². The number of nitrogens with zero attached hydrogens (tertiary/aromatic N) is 1. The molecule has 0 saturated carbocycles. The molecule has 0 fully saturated rings. The zero-order valence-electron chi connectivity index (χ0n) is 27.2. The van der Waals surface area contributed by atoms with Crippen molar-refractivity contribution < 1.29 is 34.4 Å². The van der Waals surface area contributed by atoms with Crippen LogP contribution in [0.25, 0.3) is 44.0 Å². The van der Waals surface area contributed by atoms with Gasteiger partial charge >= 0.3 is 0 Å². The van der Waals surface area contributed by atoms with Crippen molar-refractivity contribution in [1.82, 2.24) is 4.98 Å². The molecule has 1 aliphatic carbocycles. The third-order valence-corrected chi connectivity index (χ3v) is 9.47. The van der Waals surface area contributed by atoms with Gasteiger partial charge in [-0.15, -0.1) is 23.6 Å². The predicted octanol–water partition coefficient (Wildman–Crippen LogP) is 10.7. The molecule has 0 atom stereocenters. The van der Waals surface area contributed by atoms with Gasteiger partial charge in [0.25, 0.3) is 0 Å². The molecule has 1 aliphatic rings. The number of fused-ring (bicyclic) bond motifs is 3. The Kier molecular flexibility index (Phi) is 10.2. The van der Waals surface area contributed by atoms with Crippen LogP contribution in [0.5, 0.6) is 0 Å². The minimum atomic E-state index is -0.187. The van der Waals surface area contributed by atoms with Gasteiger partial charge in [0.15, 0.2) is 5.78 Å². The van der Waals surface area contributed by atoms with Crippen LogP contribution in [-0.2, 0) is 30.3 Å². The van der Waals surface area contributed by atoms with Crippen LogP contribution in [0.2, 0.25) is 0 Å². The van der Waals surface area contributed by atoms with Gasteiger partial charge in [0.2, 0.25) is 0 Å². The minimum absolute atomic E-state index is 0. The first-order chi connectivity index (χ1) is 20.6. The number of aliphatic hydroxyl groups excluding tert-OH is 1. The monoisotopic (exact) mass is 767 g/mol. The van der Waals surface area contributed by atoms with Gasteiger partial charge in [0.1, 0.15) is 11.2 Å². The number of ketones is 1. The number of pyridine rings is 1. The number of aryl methyl sites for hydroxylation is 2. The molecule has 0 saturated heterocycles. The molecule has 4 nitrogen and oxygen atoms in total. The number of hydrogen-bond acceptors (Lipinski definition) is 4. The summed E-state index contributed by atoms with van der Waals surface area (Å²) in [6.07, 6.45) is 6.84. The van der Waals surface area contributed by atoms with E-state index in [0.29, 0.717) is 0 Å². The van der Waals surface area contributed by atoms with Crippen molar-refractivity contribution >= 4 is 38.5 Å². The Balaban J connectivity index is 0.000000239. The van der Waals surface area contributed by atoms with E-state index in [1.807, 2.05) is 33.9 Å². The van der Waals surface area contributed by atoms with Crippen LogP contribution >= 0.6 is 0 Å². The van der Waals surface area contributed by atoms with Crippen LogP contribution in [0.4, 0.5) is 0 Å². The van der Waals surface area contributed by atoms with E-state index in [4.69, 9.17) is 9.40 Å². The average molecular weight is 767 g/mol. The summed E-state index contributed by atoms with van der Waals surface area (Å²) in [6, 6.07) is 18.9. The molecular formula is C39H44IrNO3-. The van der Waals surface area contributed by atoms with Gasteiger partial charge in [0.05, 0.1) is 5.76 Å². The summed E-state index contributed by atoms with van der Waals surface area (Å²) in [6.45, 7) is 16.9. The number of aliphatic hydroxyl groups is 1. The van der Waals surface area contributed by atoms with E-state index in [2.05, 4.69) is 76.2 Å². The van der Waals surface area contributed by atoms with Crippen LogP contribution in [0.3, 0.4) is 0 Å². The summed E-state index contributed by atoms with van der Waals surface area (Å²) < 4.78 is 6.41. The maximum Gasteiger partial charge on any atom is 0.162 e. The molecule has 0 aliphatic heterocycles. The fourth-order valence-electron chi connectivity index (χ4n) is 6.60. The van der Waals surface area contributed by atoms with Crippen LogP contribution in [0.1, 0.15) is 89.5 Å². The molecule has 2 heterocycles. The minimum Gasteiger partial charge on any atom is -0.512 e. The molecule has 0 unspecified atom stereocenters. The van der Waals surface area contributed by atoms with Crippen LogP contribution < -0.4 is 0 Å². The summed E-state index contributed by atoms with van der Waals surface area (Å²) in [5.41, 5.74) is 8.61. The summed E-state index contributed by atoms with van der Waals surface area (Å²) in [7, 11) is 0. The van der Waals surface area contributed by atoms with Crippen molar-refractivity contribution in [3.8, 4) is 11.3 Å². The fourth-order valence-corrected chi connectivity index (χ4v) is 6.60. The summed E-state index contributed by atoms with van der Waals surface area (Å²) in [5, 5.41) is 14.4. The zero-order valence-corrected chi connectivity index (χ0v) is 29.6. The van der Waals surface area contributed by atoms with E-state index < -0.39 is 0 Å². The Morgan fingerprint density at radius 2 is 1.55 bits per heavy atom. The SMILES string of the molecule is CCC(CC)C(=O)/C=C(\O)C(CC)CC.Cc1ccc2c3c1oc1c(C)cnc(c13)-c1[c-]c3ccccc3cc1C2(C)C.[Ir]. The predicted molar refractivity (Wildman–Crippen MR) is 179 cm³/mol. The van der Waals surface area contributed by atoms with Gasteiger partial charge in [0, 0.05) is 66.2 Å². The van der Waals surface area contributed by atoms with Crippen LogP contribution in [0.15, 0.2) is 64.9 Å². The summed E-state index contributed by atoms with van der Waals surface area (Å²) in [4.78, 5) is 16.6. The van der Waals surface area contributed by atoms with E-state index >= 15 is 0 Å². The largest absolute Gasteiger partial charge is 0.512 e. The molecule has 0 amide bonds. The van der Waals surface area contributed by atoms with Gasteiger partial charge in [-0.05, 0) is 56.1 Å². The van der Waals surface area contributed by atoms with Crippen molar-refractivity contribution in [3.63, 3.8) is 0 Å². The number of carbonyl (C=O) groups is 1. The number of rotatable bonds is 7. The summed E-state index contributed by atoms with van der Waals surface area (Å²) in [5.74, 6) is 0.547. The number of aromatic nitrogens is 1. The Morgan fingerprint density at radius 1 is 0.909 bits per heavy atom. The number of benzene rings is 3. The normalized spacial score (nSPS) is 13.6. The van der Waals surface area contributed by atoms with Crippen molar-refractivity contribution in [3.05, 3.63) is 88.8 Å². The second kappa shape index (κ2) is 13.4. The Labute approximate surface area is 275 Å². The second-order valence-electron chi connectivity index (χ2n) is 12.5. The maximum atomic E-state index is 11.7. The number of hydrogen-bond donors (Lipinski definition) is 1. The molecule has 0 bridgehead atoms. The molecule has 0 spiro atoms. The van der Waals surface area contributed by atoms with Crippen molar-refractivity contribution in [2.24, 2.45) is 11.8 Å². The fraction of sp³-hybridized carbons (Fsp3) is 0.385. The molecule has 233 valence electrons. The molecule has 5 aromatic rings. The van der Waals surface area contributed by atoms with Crippen LogP contribution in [-0.4, -0.2) is 15.9 Å². The first-order valence-electron chi connectivity index (χ1n) is 15.8. The molecular weight excluding hydrogens is 723 g/mol. The molecule has 6 rings (SSSR count). The Hall–Kier alpha value is -3.27. The van der Waals surface area contributed by atoms with Crippen molar-refractivity contribution in [2.75, 3.05) is 0 Å². The van der Waals surface area contributed by atoms with Gasteiger partial charge in [-0.2, -0.15) is 0 Å². The molecule has 44 heavy (non-hydrogen) atoms. The van der Waals surface area contributed by atoms with E-state index in [1.165, 1.54) is 28.0 Å². The number of furan rings is 1. The van der Waals surface area contributed by atoms with Crippen LogP contribution in [0, 0.1) is 31.7 Å². The van der Waals surface area contributed by atoms with Crippen molar-refractivity contribution in [2.45, 2.75) is 86.5 Å². The quantitative estimate of drug-likeness (QED) is 0.102. The molecule has 5 heteroatoms. The number of allylic oxidation sites excluding steroid dienone is 2. The Bertz CT molecular complexity index is 1850. The van der Waals surface area contributed by atoms with E-state index in [9.17, 15) is 9.90 Å². The maximum absolute atomic E-state index is 11.7. The third kappa shape index (κ3) is 5.77. The number of carbonyl (C=O) groups excluding carboxylic acids is 1. The molecule has 1 radical (unpaired) electrons. The molecule has 2 aromatic heterocycles. The van der Waals surface area contributed by atoms with E-state index in [-0.39, 0.29) is 48.9 Å². The van der Waals surface area contributed by atoms with E-state index in [0.717, 1.165) is 70.0 Å².